The van der Waals surface area contributed by atoms with Crippen molar-refractivity contribution >= 4 is 17.9 Å². The Bertz CT molecular complexity index is 277. The third-order valence-corrected chi connectivity index (χ3v) is 1.05. The zero-order valence-electron chi connectivity index (χ0n) is 10.9. The fraction of sp³-hybridized carbons (Fsp3) is 0.250. The average Bonchev–Trinajstić information content (AvgIpc) is 2.18. The van der Waals surface area contributed by atoms with Crippen LogP contribution < -0.4 is 15.3 Å². The Morgan fingerprint density at radius 2 is 0.684 bits per heavy atom. The molecule has 0 saturated heterocycles. The molecule has 6 nitrogen and oxygen atoms in total. The molecular formula is C12H15O6Tb. The van der Waals surface area contributed by atoms with E-state index in [1.54, 1.807) is 0 Å². The van der Waals surface area contributed by atoms with Gasteiger partial charge < -0.3 is 29.7 Å². The Morgan fingerprint density at radius 3 is 0.684 bits per heavy atom. The van der Waals surface area contributed by atoms with Crippen molar-refractivity contribution in [3.8, 4) is 0 Å². The van der Waals surface area contributed by atoms with Gasteiger partial charge in [0.25, 0.3) is 0 Å². The van der Waals surface area contributed by atoms with Gasteiger partial charge in [-0.05, 0) is 37.5 Å². The predicted molar refractivity (Wildman–Crippen MR) is 59.5 cm³/mol. The van der Waals surface area contributed by atoms with E-state index in [2.05, 4.69) is 19.7 Å². The van der Waals surface area contributed by atoms with Gasteiger partial charge in [0.05, 0.1) is 17.9 Å². The van der Waals surface area contributed by atoms with Gasteiger partial charge in [0.2, 0.25) is 0 Å². The minimum absolute atomic E-state index is 0. The first kappa shape index (κ1) is 26.5. The topological polar surface area (TPSA) is 120 Å². The average molecular weight is 414 g/mol. The van der Waals surface area contributed by atoms with Crippen molar-refractivity contribution in [2.45, 2.75) is 20.8 Å². The number of rotatable bonds is 3. The molecule has 0 amide bonds. The molecule has 0 radical (unpaired) electrons. The normalized spacial score (nSPS) is 7.11. The molecule has 0 aromatic heterocycles. The third-order valence-electron chi connectivity index (χ3n) is 1.05. The quantitative estimate of drug-likeness (QED) is 0.490. The van der Waals surface area contributed by atoms with Crippen molar-refractivity contribution in [2.24, 2.45) is 0 Å². The first-order valence-electron chi connectivity index (χ1n) is 4.54. The van der Waals surface area contributed by atoms with E-state index in [-0.39, 0.29) is 55.3 Å². The maximum atomic E-state index is 9.49. The standard InChI is InChI=1S/3C4H6O2.Tb/c3*1-3(2)4(5)6;/h3*1H2,2H3,(H,5,6);/q;;;+3/p-3. The second-order valence-corrected chi connectivity index (χ2v) is 3.20. The fourth-order valence-corrected chi connectivity index (χ4v) is 0. The summed E-state index contributed by atoms with van der Waals surface area (Å²) in [5.41, 5.74) is 0.194. The smallest absolute Gasteiger partial charge is 0.545 e. The number of carbonyl (C=O) groups is 3. The second-order valence-electron chi connectivity index (χ2n) is 3.20. The van der Waals surface area contributed by atoms with Crippen molar-refractivity contribution in [1.82, 2.24) is 0 Å². The molecule has 0 aromatic rings. The van der Waals surface area contributed by atoms with Crippen molar-refractivity contribution in [3.63, 3.8) is 0 Å². The molecule has 0 saturated carbocycles. The molecule has 0 fully saturated rings. The summed E-state index contributed by atoms with van der Waals surface area (Å²) in [5.74, 6) is -3.56. The molecule has 19 heavy (non-hydrogen) atoms. The summed E-state index contributed by atoms with van der Waals surface area (Å²) < 4.78 is 0. The van der Waals surface area contributed by atoms with Gasteiger partial charge in [-0.25, -0.2) is 0 Å². The molecule has 7 heteroatoms. The van der Waals surface area contributed by atoms with E-state index in [1.165, 1.54) is 20.8 Å². The van der Waals surface area contributed by atoms with Crippen LogP contribution in [0.15, 0.2) is 36.5 Å². The maximum Gasteiger partial charge on any atom is 3.00 e. The largest absolute Gasteiger partial charge is 3.00 e. The van der Waals surface area contributed by atoms with Crippen LogP contribution in [-0.4, -0.2) is 17.9 Å². The number of aliphatic carboxylic acids is 3. The Morgan fingerprint density at radius 1 is 0.632 bits per heavy atom. The van der Waals surface area contributed by atoms with Gasteiger partial charge in [0, 0.05) is 0 Å². The Kier molecular flexibility index (Phi) is 20.9. The third kappa shape index (κ3) is 31.6. The van der Waals surface area contributed by atoms with E-state index in [1.807, 2.05) is 0 Å². The zero-order chi connectivity index (χ0) is 15.5. The van der Waals surface area contributed by atoms with E-state index < -0.39 is 17.9 Å². The van der Waals surface area contributed by atoms with Crippen LogP contribution in [0.1, 0.15) is 20.8 Å². The van der Waals surface area contributed by atoms with Crippen LogP contribution in [0.25, 0.3) is 0 Å². The SMILES string of the molecule is C=C(C)C(=O)[O-].C=C(C)C(=O)[O-].C=C(C)C(=O)[O-].[Tb+3]. The minimum Gasteiger partial charge on any atom is -0.545 e. The van der Waals surface area contributed by atoms with Crippen LogP contribution in [0.5, 0.6) is 0 Å². The molecule has 0 bridgehead atoms. The minimum atomic E-state index is -1.19. The Labute approximate surface area is 143 Å². The van der Waals surface area contributed by atoms with E-state index in [4.69, 9.17) is 0 Å². The van der Waals surface area contributed by atoms with Gasteiger partial charge in [-0.1, -0.05) is 19.7 Å². The van der Waals surface area contributed by atoms with Gasteiger partial charge in [0.15, 0.2) is 0 Å². The number of carboxylic acids is 3. The van der Waals surface area contributed by atoms with Crippen molar-refractivity contribution < 1.29 is 68.3 Å². The van der Waals surface area contributed by atoms with Crippen LogP contribution in [-0.2, 0) is 14.4 Å². The molecule has 0 spiro atoms. The summed E-state index contributed by atoms with van der Waals surface area (Å²) in [5, 5.41) is 28.5. The number of hydrogen-bond acceptors (Lipinski definition) is 6. The molecule has 0 heterocycles. The van der Waals surface area contributed by atoms with Crippen molar-refractivity contribution in [3.05, 3.63) is 36.5 Å². The van der Waals surface area contributed by atoms with E-state index in [0.29, 0.717) is 0 Å². The molecule has 0 atom stereocenters. The number of hydrogen-bond donors (Lipinski definition) is 0. The van der Waals surface area contributed by atoms with Crippen LogP contribution in [0, 0.1) is 38.6 Å². The second kappa shape index (κ2) is 15.0. The van der Waals surface area contributed by atoms with E-state index in [0.717, 1.165) is 0 Å². The van der Waals surface area contributed by atoms with Crippen LogP contribution in [0.4, 0.5) is 0 Å². The Balaban J connectivity index is -0.0000000865. The van der Waals surface area contributed by atoms with Gasteiger partial charge >= 0.3 is 38.6 Å². The number of carboxylic acid groups (broad SMARTS) is 3. The molecule has 108 valence electrons. The van der Waals surface area contributed by atoms with Gasteiger partial charge in [-0.2, -0.15) is 0 Å². The number of carbonyl (C=O) groups excluding carboxylic acids is 3. The van der Waals surface area contributed by atoms with Crippen molar-refractivity contribution in [1.29, 1.82) is 0 Å². The molecule has 0 aliphatic rings. The van der Waals surface area contributed by atoms with Crippen molar-refractivity contribution in [2.75, 3.05) is 0 Å². The van der Waals surface area contributed by atoms with Gasteiger partial charge in [-0.3, -0.25) is 0 Å². The fourth-order valence-electron chi connectivity index (χ4n) is 0. The summed E-state index contributed by atoms with van der Waals surface area (Å²) in [6.07, 6.45) is 0. The van der Waals surface area contributed by atoms with E-state index >= 15 is 0 Å². The Hall–Kier alpha value is -1.08. The first-order chi connectivity index (χ1) is 7.93. The monoisotopic (exact) mass is 414 g/mol. The molecule has 0 N–H and O–H groups in total. The summed E-state index contributed by atoms with van der Waals surface area (Å²) >= 11 is 0. The van der Waals surface area contributed by atoms with Crippen LogP contribution >= 0.6 is 0 Å². The molecule has 0 rings (SSSR count). The molecule has 0 unspecified atom stereocenters. The van der Waals surface area contributed by atoms with Gasteiger partial charge in [-0.15, -0.1) is 0 Å². The summed E-state index contributed by atoms with van der Waals surface area (Å²) in [6.45, 7) is 13.4. The maximum absolute atomic E-state index is 9.49. The molecule has 0 aliphatic heterocycles. The summed E-state index contributed by atoms with van der Waals surface area (Å²) in [4.78, 5) is 28.5. The van der Waals surface area contributed by atoms with Crippen LogP contribution in [0.3, 0.4) is 0 Å². The summed E-state index contributed by atoms with van der Waals surface area (Å²) in [7, 11) is 0. The van der Waals surface area contributed by atoms with Crippen LogP contribution in [0.2, 0.25) is 0 Å². The first-order valence-corrected chi connectivity index (χ1v) is 4.54. The predicted octanol–water partition coefficient (Wildman–Crippen LogP) is -2.06. The zero-order valence-corrected chi connectivity index (χ0v) is 13.0. The molecule has 0 aromatic carbocycles. The van der Waals surface area contributed by atoms with Gasteiger partial charge in [0.1, 0.15) is 0 Å². The molecule has 0 aliphatic carbocycles. The molecular weight excluding hydrogens is 399 g/mol. The summed E-state index contributed by atoms with van der Waals surface area (Å²) in [6, 6.07) is 0. The van der Waals surface area contributed by atoms with E-state index in [9.17, 15) is 29.7 Å².